The van der Waals surface area contributed by atoms with E-state index in [9.17, 15) is 22.7 Å². The summed E-state index contributed by atoms with van der Waals surface area (Å²) in [6.45, 7) is 5.19. The SMILES string of the molecule is CCO[Si](C)(C)CC(=O)N[C@H](CF)[C@H](O)c1ccc(S(C)(=O)=O)cc1. The van der Waals surface area contributed by atoms with Crippen LogP contribution in [0.5, 0.6) is 0 Å². The first-order chi connectivity index (χ1) is 11.5. The highest BCUT2D eigenvalue weighted by Gasteiger charge is 2.29. The molecule has 0 radical (unpaired) electrons. The maximum atomic E-state index is 13.3. The molecule has 1 aromatic carbocycles. The van der Waals surface area contributed by atoms with Crippen molar-refractivity contribution in [3.63, 3.8) is 0 Å². The normalized spacial score (nSPS) is 14.8. The zero-order valence-corrected chi connectivity index (χ0v) is 16.8. The predicted octanol–water partition coefficient (Wildman–Crippen LogP) is 1.82. The van der Waals surface area contributed by atoms with Crippen LogP contribution < -0.4 is 5.32 Å². The molecule has 1 amide bonds. The lowest BCUT2D eigenvalue weighted by atomic mass is 10.0. The number of rotatable bonds is 9. The van der Waals surface area contributed by atoms with Crippen molar-refractivity contribution in [3.05, 3.63) is 29.8 Å². The third-order valence-electron chi connectivity index (χ3n) is 3.66. The van der Waals surface area contributed by atoms with E-state index in [4.69, 9.17) is 4.43 Å². The molecule has 0 aliphatic heterocycles. The highest BCUT2D eigenvalue weighted by atomic mass is 32.2. The molecule has 0 heterocycles. The number of aliphatic hydroxyl groups excluding tert-OH is 1. The molecule has 0 aliphatic rings. The molecule has 142 valence electrons. The van der Waals surface area contributed by atoms with Crippen molar-refractivity contribution in [2.24, 2.45) is 0 Å². The Hall–Kier alpha value is -1.29. The Morgan fingerprint density at radius 1 is 1.32 bits per heavy atom. The average molecular weight is 392 g/mol. The summed E-state index contributed by atoms with van der Waals surface area (Å²) in [4.78, 5) is 12.2. The van der Waals surface area contributed by atoms with Gasteiger partial charge in [-0.05, 0) is 37.7 Å². The van der Waals surface area contributed by atoms with Crippen molar-refractivity contribution in [1.82, 2.24) is 5.32 Å². The quantitative estimate of drug-likeness (QED) is 0.627. The van der Waals surface area contributed by atoms with E-state index >= 15 is 0 Å². The Bertz CT molecular complexity index is 678. The van der Waals surface area contributed by atoms with Gasteiger partial charge in [0.15, 0.2) is 18.2 Å². The number of alkyl halides is 1. The molecule has 2 atom stereocenters. The van der Waals surface area contributed by atoms with Crippen molar-refractivity contribution in [3.8, 4) is 0 Å². The van der Waals surface area contributed by atoms with Gasteiger partial charge in [-0.3, -0.25) is 4.79 Å². The van der Waals surface area contributed by atoms with E-state index < -0.39 is 37.0 Å². The summed E-state index contributed by atoms with van der Waals surface area (Å²) in [5, 5.41) is 12.8. The van der Waals surface area contributed by atoms with Gasteiger partial charge in [0.2, 0.25) is 5.91 Å². The molecule has 1 aromatic rings. The van der Waals surface area contributed by atoms with Gasteiger partial charge < -0.3 is 14.8 Å². The van der Waals surface area contributed by atoms with Gasteiger partial charge >= 0.3 is 0 Å². The van der Waals surface area contributed by atoms with E-state index in [0.29, 0.717) is 12.2 Å². The van der Waals surface area contributed by atoms with Gasteiger partial charge in [-0.1, -0.05) is 12.1 Å². The second kappa shape index (κ2) is 8.88. The van der Waals surface area contributed by atoms with Gasteiger partial charge in [-0.25, -0.2) is 12.8 Å². The number of carbonyl (C=O) groups excluding carboxylic acids is 1. The summed E-state index contributed by atoms with van der Waals surface area (Å²) in [5.41, 5.74) is 0.330. The number of hydrogen-bond acceptors (Lipinski definition) is 5. The van der Waals surface area contributed by atoms with Crippen molar-refractivity contribution in [1.29, 1.82) is 0 Å². The van der Waals surface area contributed by atoms with Gasteiger partial charge in [0, 0.05) is 18.9 Å². The second-order valence-electron chi connectivity index (χ2n) is 6.48. The van der Waals surface area contributed by atoms with Crippen LogP contribution in [-0.2, 0) is 19.1 Å². The smallest absolute Gasteiger partial charge is 0.219 e. The third-order valence-corrected chi connectivity index (χ3v) is 7.04. The number of sulfone groups is 1. The molecule has 0 bridgehead atoms. The fourth-order valence-corrected chi connectivity index (χ4v) is 4.82. The summed E-state index contributed by atoms with van der Waals surface area (Å²) >= 11 is 0. The Morgan fingerprint density at radius 2 is 1.88 bits per heavy atom. The Labute approximate surface area is 149 Å². The lowest BCUT2D eigenvalue weighted by molar-refractivity contribution is -0.121. The number of benzene rings is 1. The van der Waals surface area contributed by atoms with Crippen molar-refractivity contribution >= 4 is 24.1 Å². The van der Waals surface area contributed by atoms with Gasteiger partial charge in [-0.15, -0.1) is 0 Å². The van der Waals surface area contributed by atoms with Crippen LogP contribution in [0.1, 0.15) is 18.6 Å². The number of carbonyl (C=O) groups is 1. The molecule has 0 unspecified atom stereocenters. The lowest BCUT2D eigenvalue weighted by Gasteiger charge is -2.25. The van der Waals surface area contributed by atoms with Gasteiger partial charge in [0.05, 0.1) is 10.9 Å². The minimum atomic E-state index is -3.35. The monoisotopic (exact) mass is 391 g/mol. The van der Waals surface area contributed by atoms with E-state index in [2.05, 4.69) is 5.32 Å². The molecule has 2 N–H and O–H groups in total. The summed E-state index contributed by atoms with van der Waals surface area (Å²) in [5.74, 6) is -0.375. The van der Waals surface area contributed by atoms with Crippen LogP contribution >= 0.6 is 0 Å². The molecular formula is C16H26FNO5SSi. The van der Waals surface area contributed by atoms with Crippen molar-refractivity contribution < 1.29 is 27.1 Å². The Morgan fingerprint density at radius 3 is 2.32 bits per heavy atom. The highest BCUT2D eigenvalue weighted by molar-refractivity contribution is 7.90. The molecule has 0 saturated carbocycles. The van der Waals surface area contributed by atoms with Crippen molar-refractivity contribution in [2.75, 3.05) is 19.5 Å². The molecule has 9 heteroatoms. The minimum absolute atomic E-state index is 0.105. The van der Waals surface area contributed by atoms with Gasteiger partial charge in [0.1, 0.15) is 12.8 Å². The van der Waals surface area contributed by atoms with Crippen molar-refractivity contribution in [2.45, 2.75) is 43.1 Å². The van der Waals surface area contributed by atoms with E-state index in [-0.39, 0.29) is 16.8 Å². The van der Waals surface area contributed by atoms with Crippen LogP contribution in [0.4, 0.5) is 4.39 Å². The first-order valence-corrected chi connectivity index (χ1v) is 13.0. The van der Waals surface area contributed by atoms with Crippen LogP contribution in [0.2, 0.25) is 19.1 Å². The van der Waals surface area contributed by atoms with Crippen LogP contribution in [0.25, 0.3) is 0 Å². The van der Waals surface area contributed by atoms with Crippen LogP contribution in [0.15, 0.2) is 29.2 Å². The number of aliphatic hydroxyl groups is 1. The summed E-state index contributed by atoms with van der Waals surface area (Å²) in [6.07, 6.45) is -0.202. The molecular weight excluding hydrogens is 365 g/mol. The van der Waals surface area contributed by atoms with E-state index in [0.717, 1.165) is 6.26 Å². The maximum absolute atomic E-state index is 13.3. The molecule has 0 fully saturated rings. The third kappa shape index (κ3) is 6.85. The fourth-order valence-electron chi connectivity index (χ4n) is 2.43. The zero-order valence-electron chi connectivity index (χ0n) is 15.0. The van der Waals surface area contributed by atoms with E-state index in [1.165, 1.54) is 24.3 Å². The number of amides is 1. The molecule has 25 heavy (non-hydrogen) atoms. The summed E-state index contributed by atoms with van der Waals surface area (Å²) < 4.78 is 41.8. The average Bonchev–Trinajstić information content (AvgIpc) is 2.50. The van der Waals surface area contributed by atoms with Gasteiger partial charge in [0.25, 0.3) is 0 Å². The highest BCUT2D eigenvalue weighted by Crippen LogP contribution is 2.20. The Kier molecular flexibility index (Phi) is 7.73. The van der Waals surface area contributed by atoms with Gasteiger partial charge in [-0.2, -0.15) is 0 Å². The summed E-state index contributed by atoms with van der Waals surface area (Å²) in [6, 6.07) is 4.57. The van der Waals surface area contributed by atoms with Crippen LogP contribution in [0.3, 0.4) is 0 Å². The van der Waals surface area contributed by atoms with E-state index in [1.54, 1.807) is 0 Å². The molecule has 0 saturated heterocycles. The topological polar surface area (TPSA) is 92.7 Å². The molecule has 0 aliphatic carbocycles. The number of halogens is 1. The van der Waals surface area contributed by atoms with Crippen LogP contribution in [-0.4, -0.2) is 53.3 Å². The maximum Gasteiger partial charge on any atom is 0.219 e. The zero-order chi connectivity index (χ0) is 19.3. The fraction of sp³-hybridized carbons (Fsp3) is 0.562. The summed E-state index contributed by atoms with van der Waals surface area (Å²) in [7, 11) is -5.52. The molecule has 6 nitrogen and oxygen atoms in total. The first kappa shape index (κ1) is 21.7. The molecule has 0 spiro atoms. The number of hydrogen-bond donors (Lipinski definition) is 2. The predicted molar refractivity (Wildman–Crippen MR) is 96.3 cm³/mol. The largest absolute Gasteiger partial charge is 0.417 e. The number of nitrogens with one attached hydrogen (secondary N) is 1. The van der Waals surface area contributed by atoms with E-state index in [1.807, 2.05) is 20.0 Å². The molecule has 1 rings (SSSR count). The lowest BCUT2D eigenvalue weighted by Crippen LogP contribution is -2.45. The van der Waals surface area contributed by atoms with Crippen LogP contribution in [0, 0.1) is 0 Å². The first-order valence-electron chi connectivity index (χ1n) is 7.97. The minimum Gasteiger partial charge on any atom is -0.417 e. The second-order valence-corrected chi connectivity index (χ2v) is 12.7. The Balaban J connectivity index is 2.80. The standard InChI is InChI=1S/C16H26FNO5SSi/c1-5-23-25(3,4)11-15(19)18-14(10-17)16(20)12-6-8-13(9-7-12)24(2,21)22/h6-9,14,16,20H,5,10-11H2,1-4H3,(H,18,19)/t14-,16-/m1/s1. The molecule has 0 aromatic heterocycles.